The predicted molar refractivity (Wildman–Crippen MR) is 48.5 cm³/mol. The maximum Gasteiger partial charge on any atom is 0.190 e. The van der Waals surface area contributed by atoms with Crippen LogP contribution in [0.2, 0.25) is 0 Å². The standard InChI is InChI=1S/C9H17NO4/c1-9(2)13-7-6(11-3)5(4-10)12-8(7)14-9/h5-8H,4,10H2,1-3H3/t5-,6+,7-,8-/m1/s1. The highest BCUT2D eigenvalue weighted by atomic mass is 16.8. The summed E-state index contributed by atoms with van der Waals surface area (Å²) in [6.07, 6.45) is -0.773. The molecule has 2 rings (SSSR count). The summed E-state index contributed by atoms with van der Waals surface area (Å²) in [4.78, 5) is 0. The molecule has 2 heterocycles. The summed E-state index contributed by atoms with van der Waals surface area (Å²) in [5, 5.41) is 0. The zero-order chi connectivity index (χ0) is 10.3. The molecule has 0 aromatic rings. The number of hydrogen-bond acceptors (Lipinski definition) is 5. The Hall–Kier alpha value is -0.200. The summed E-state index contributed by atoms with van der Waals surface area (Å²) in [5.41, 5.74) is 5.55. The maximum atomic E-state index is 5.68. The Kier molecular flexibility index (Phi) is 2.53. The first-order valence-corrected chi connectivity index (χ1v) is 4.81. The molecule has 0 radical (unpaired) electrons. The third kappa shape index (κ3) is 1.55. The molecule has 2 saturated heterocycles. The van der Waals surface area contributed by atoms with Crippen molar-refractivity contribution in [2.45, 2.75) is 44.2 Å². The van der Waals surface area contributed by atoms with Gasteiger partial charge in [-0.05, 0) is 13.8 Å². The minimum absolute atomic E-state index is 0.133. The first-order valence-electron chi connectivity index (χ1n) is 4.81. The molecule has 0 bridgehead atoms. The molecule has 82 valence electrons. The van der Waals surface area contributed by atoms with Crippen LogP contribution in [-0.4, -0.2) is 44.0 Å². The van der Waals surface area contributed by atoms with E-state index in [0.29, 0.717) is 6.54 Å². The number of hydrogen-bond donors (Lipinski definition) is 1. The predicted octanol–water partition coefficient (Wildman–Crippen LogP) is -0.163. The van der Waals surface area contributed by atoms with Gasteiger partial charge >= 0.3 is 0 Å². The van der Waals surface area contributed by atoms with E-state index in [1.54, 1.807) is 7.11 Å². The van der Waals surface area contributed by atoms with Crippen molar-refractivity contribution < 1.29 is 18.9 Å². The number of rotatable bonds is 2. The lowest BCUT2D eigenvalue weighted by Crippen LogP contribution is -2.39. The van der Waals surface area contributed by atoms with Crippen LogP contribution < -0.4 is 5.73 Å². The second kappa shape index (κ2) is 3.43. The zero-order valence-electron chi connectivity index (χ0n) is 8.73. The summed E-state index contributed by atoms with van der Waals surface area (Å²) >= 11 is 0. The molecular weight excluding hydrogens is 186 g/mol. The van der Waals surface area contributed by atoms with E-state index in [4.69, 9.17) is 24.7 Å². The lowest BCUT2D eigenvalue weighted by molar-refractivity contribution is -0.215. The molecule has 2 fully saturated rings. The fourth-order valence-corrected chi connectivity index (χ4v) is 2.02. The van der Waals surface area contributed by atoms with Gasteiger partial charge in [-0.15, -0.1) is 0 Å². The normalized spacial score (nSPS) is 45.4. The molecule has 2 aliphatic rings. The Morgan fingerprint density at radius 3 is 2.64 bits per heavy atom. The molecule has 14 heavy (non-hydrogen) atoms. The van der Waals surface area contributed by atoms with Crippen LogP contribution in [0.3, 0.4) is 0 Å². The van der Waals surface area contributed by atoms with Crippen molar-refractivity contribution >= 4 is 0 Å². The first-order chi connectivity index (χ1) is 6.57. The van der Waals surface area contributed by atoms with E-state index in [1.807, 2.05) is 13.8 Å². The van der Waals surface area contributed by atoms with E-state index in [9.17, 15) is 0 Å². The molecule has 2 N–H and O–H groups in total. The highest BCUT2D eigenvalue weighted by Gasteiger charge is 2.54. The lowest BCUT2D eigenvalue weighted by atomic mass is 10.1. The van der Waals surface area contributed by atoms with Gasteiger partial charge in [-0.2, -0.15) is 0 Å². The molecular formula is C9H17NO4. The van der Waals surface area contributed by atoms with Crippen LogP contribution in [0.25, 0.3) is 0 Å². The van der Waals surface area contributed by atoms with Crippen LogP contribution >= 0.6 is 0 Å². The Bertz CT molecular complexity index is 221. The molecule has 0 unspecified atom stereocenters. The van der Waals surface area contributed by atoms with E-state index >= 15 is 0 Å². The van der Waals surface area contributed by atoms with Crippen LogP contribution in [0.5, 0.6) is 0 Å². The molecule has 0 saturated carbocycles. The SMILES string of the molecule is CO[C@@H]1[C@H]2OC(C)(C)O[C@H]2O[C@@H]1CN. The van der Waals surface area contributed by atoms with Gasteiger partial charge in [0.15, 0.2) is 12.1 Å². The van der Waals surface area contributed by atoms with Gasteiger partial charge in [-0.25, -0.2) is 0 Å². The molecule has 2 aliphatic heterocycles. The molecule has 0 aliphatic carbocycles. The average molecular weight is 203 g/mol. The molecule has 0 spiro atoms. The molecule has 4 atom stereocenters. The van der Waals surface area contributed by atoms with Gasteiger partial charge in [0.05, 0.1) is 0 Å². The quantitative estimate of drug-likeness (QED) is 0.675. The minimum Gasteiger partial charge on any atom is -0.376 e. The fraction of sp³-hybridized carbons (Fsp3) is 1.00. The largest absolute Gasteiger partial charge is 0.376 e. The van der Waals surface area contributed by atoms with Crippen molar-refractivity contribution in [1.82, 2.24) is 0 Å². The molecule has 0 aromatic carbocycles. The Morgan fingerprint density at radius 1 is 1.36 bits per heavy atom. The molecule has 5 heteroatoms. The van der Waals surface area contributed by atoms with Gasteiger partial charge in [0.25, 0.3) is 0 Å². The summed E-state index contributed by atoms with van der Waals surface area (Å²) < 4.78 is 22.1. The zero-order valence-corrected chi connectivity index (χ0v) is 8.73. The van der Waals surface area contributed by atoms with Crippen molar-refractivity contribution in [3.05, 3.63) is 0 Å². The smallest absolute Gasteiger partial charge is 0.190 e. The maximum absolute atomic E-state index is 5.68. The van der Waals surface area contributed by atoms with Crippen molar-refractivity contribution in [3.8, 4) is 0 Å². The van der Waals surface area contributed by atoms with Gasteiger partial charge < -0.3 is 24.7 Å². The highest BCUT2D eigenvalue weighted by Crippen LogP contribution is 2.38. The highest BCUT2D eigenvalue weighted by molar-refractivity contribution is 4.94. The minimum atomic E-state index is -0.592. The Balaban J connectivity index is 2.09. The van der Waals surface area contributed by atoms with Gasteiger partial charge in [0, 0.05) is 13.7 Å². The monoisotopic (exact) mass is 203 g/mol. The molecule has 0 aromatic heterocycles. The van der Waals surface area contributed by atoms with Crippen LogP contribution in [0.15, 0.2) is 0 Å². The number of methoxy groups -OCH3 is 1. The summed E-state index contributed by atoms with van der Waals surface area (Å²) in [6, 6.07) is 0. The van der Waals surface area contributed by atoms with E-state index in [2.05, 4.69) is 0 Å². The van der Waals surface area contributed by atoms with Crippen molar-refractivity contribution in [2.75, 3.05) is 13.7 Å². The number of ether oxygens (including phenoxy) is 4. The van der Waals surface area contributed by atoms with E-state index in [0.717, 1.165) is 0 Å². The topological polar surface area (TPSA) is 62.9 Å². The Morgan fingerprint density at radius 2 is 2.07 bits per heavy atom. The molecule has 5 nitrogen and oxygen atoms in total. The van der Waals surface area contributed by atoms with Gasteiger partial charge in [0.2, 0.25) is 0 Å². The van der Waals surface area contributed by atoms with Crippen LogP contribution in [0, 0.1) is 0 Å². The summed E-state index contributed by atoms with van der Waals surface area (Å²) in [5.74, 6) is -0.592. The van der Waals surface area contributed by atoms with Crippen molar-refractivity contribution in [2.24, 2.45) is 5.73 Å². The first kappa shape index (κ1) is 10.3. The van der Waals surface area contributed by atoms with Crippen LogP contribution in [0.4, 0.5) is 0 Å². The van der Waals surface area contributed by atoms with E-state index < -0.39 is 5.79 Å². The fourth-order valence-electron chi connectivity index (χ4n) is 2.02. The summed E-state index contributed by atoms with van der Waals surface area (Å²) in [6.45, 7) is 4.14. The second-order valence-corrected chi connectivity index (χ2v) is 4.08. The van der Waals surface area contributed by atoms with E-state index in [-0.39, 0.29) is 24.6 Å². The van der Waals surface area contributed by atoms with Crippen molar-refractivity contribution in [3.63, 3.8) is 0 Å². The average Bonchev–Trinajstić information content (AvgIpc) is 2.55. The van der Waals surface area contributed by atoms with Crippen molar-refractivity contribution in [1.29, 1.82) is 0 Å². The third-order valence-corrected chi connectivity index (χ3v) is 2.59. The number of fused-ring (bicyclic) bond motifs is 1. The second-order valence-electron chi connectivity index (χ2n) is 4.08. The van der Waals surface area contributed by atoms with Gasteiger partial charge in [-0.3, -0.25) is 0 Å². The molecule has 0 amide bonds. The lowest BCUT2D eigenvalue weighted by Gasteiger charge is -2.23. The van der Waals surface area contributed by atoms with E-state index in [1.165, 1.54) is 0 Å². The van der Waals surface area contributed by atoms with Crippen LogP contribution in [-0.2, 0) is 18.9 Å². The number of nitrogens with two attached hydrogens (primary N) is 1. The van der Waals surface area contributed by atoms with Gasteiger partial charge in [-0.1, -0.05) is 0 Å². The third-order valence-electron chi connectivity index (χ3n) is 2.59. The van der Waals surface area contributed by atoms with Gasteiger partial charge in [0.1, 0.15) is 18.3 Å². The van der Waals surface area contributed by atoms with Crippen LogP contribution in [0.1, 0.15) is 13.8 Å². The summed E-state index contributed by atoms with van der Waals surface area (Å²) in [7, 11) is 1.63. The Labute approximate surface area is 83.4 Å².